The quantitative estimate of drug-likeness (QED) is 0.662. The van der Waals surface area contributed by atoms with Crippen molar-refractivity contribution in [3.8, 4) is 5.75 Å². The number of anilines is 1. The number of ether oxygens (including phenoxy) is 2. The van der Waals surface area contributed by atoms with E-state index >= 15 is 0 Å². The molecule has 0 saturated heterocycles. The zero-order chi connectivity index (χ0) is 25.5. The van der Waals surface area contributed by atoms with Crippen LogP contribution < -0.4 is 15.4 Å². The molecule has 35 heavy (non-hydrogen) atoms. The summed E-state index contributed by atoms with van der Waals surface area (Å²) in [5.41, 5.74) is 0.944. The van der Waals surface area contributed by atoms with Crippen LogP contribution in [0.25, 0.3) is 0 Å². The molecule has 0 unspecified atom stereocenters. The number of amides is 4. The third-order valence-electron chi connectivity index (χ3n) is 6.98. The van der Waals surface area contributed by atoms with Gasteiger partial charge in [0.1, 0.15) is 12.4 Å². The van der Waals surface area contributed by atoms with Crippen LogP contribution in [0.5, 0.6) is 5.75 Å². The van der Waals surface area contributed by atoms with Crippen molar-refractivity contribution in [2.45, 2.75) is 58.6 Å². The van der Waals surface area contributed by atoms with Crippen LogP contribution in [-0.4, -0.2) is 80.2 Å². The Balaban J connectivity index is 1.89. The number of benzene rings is 1. The molecule has 0 bridgehead atoms. The molecule has 9 heteroatoms. The van der Waals surface area contributed by atoms with Gasteiger partial charge < -0.3 is 29.9 Å². The highest BCUT2D eigenvalue weighted by molar-refractivity contribution is 6.00. The van der Waals surface area contributed by atoms with Gasteiger partial charge in [0, 0.05) is 51.3 Å². The van der Waals surface area contributed by atoms with Gasteiger partial charge in [-0.2, -0.15) is 0 Å². The fourth-order valence-corrected chi connectivity index (χ4v) is 4.39. The summed E-state index contributed by atoms with van der Waals surface area (Å²) in [6.45, 7) is 7.62. The SMILES string of the molecule is CCCNC(=O)N1C[C@H](C)[C@@H](OC)CN(C)C(=O)c2cc(NC(=O)C3CCC3)ccc2OC[C@@H]1C. The van der Waals surface area contributed by atoms with E-state index in [4.69, 9.17) is 9.47 Å². The first-order valence-electron chi connectivity index (χ1n) is 12.7. The second-order valence-corrected chi connectivity index (χ2v) is 9.81. The molecule has 0 spiro atoms. The Morgan fingerprint density at radius 3 is 2.57 bits per heavy atom. The average molecular weight is 489 g/mol. The van der Waals surface area contributed by atoms with E-state index in [0.29, 0.717) is 36.6 Å². The van der Waals surface area contributed by atoms with Crippen LogP contribution in [0.15, 0.2) is 18.2 Å². The molecule has 2 aliphatic rings. The standard InChI is InChI=1S/C26H40N4O5/c1-6-12-27-26(33)30-14-17(2)23(34-5)15-29(4)25(32)21-13-20(28-24(31)19-8-7-9-19)10-11-22(21)35-16-18(30)3/h10-11,13,17-19,23H,6-9,12,14-16H2,1-5H3,(H,27,33)(H,28,31)/t17-,18-,23-/m0/s1. The fraction of sp³-hybridized carbons (Fsp3) is 0.654. The lowest BCUT2D eigenvalue weighted by molar-refractivity contribution is -0.122. The van der Waals surface area contributed by atoms with E-state index in [-0.39, 0.29) is 48.4 Å². The molecule has 1 aliphatic carbocycles. The molecule has 0 aromatic heterocycles. The van der Waals surface area contributed by atoms with Crippen LogP contribution in [0.1, 0.15) is 56.8 Å². The van der Waals surface area contributed by atoms with Crippen LogP contribution >= 0.6 is 0 Å². The predicted octanol–water partition coefficient (Wildman–Crippen LogP) is 3.35. The summed E-state index contributed by atoms with van der Waals surface area (Å²) in [6, 6.07) is 4.78. The van der Waals surface area contributed by atoms with E-state index in [1.54, 1.807) is 42.2 Å². The maximum absolute atomic E-state index is 13.4. The zero-order valence-corrected chi connectivity index (χ0v) is 21.6. The molecule has 1 aromatic carbocycles. The number of carbonyl (C=O) groups excluding carboxylic acids is 3. The summed E-state index contributed by atoms with van der Waals surface area (Å²) >= 11 is 0. The van der Waals surface area contributed by atoms with Gasteiger partial charge in [-0.15, -0.1) is 0 Å². The third kappa shape index (κ3) is 6.66. The minimum atomic E-state index is -0.261. The van der Waals surface area contributed by atoms with E-state index in [1.807, 2.05) is 20.8 Å². The first-order valence-corrected chi connectivity index (χ1v) is 12.7. The monoisotopic (exact) mass is 488 g/mol. The minimum Gasteiger partial charge on any atom is -0.491 e. The van der Waals surface area contributed by atoms with Crippen LogP contribution in [-0.2, 0) is 9.53 Å². The van der Waals surface area contributed by atoms with E-state index in [0.717, 1.165) is 25.7 Å². The number of urea groups is 1. The number of carbonyl (C=O) groups is 3. The molecule has 3 rings (SSSR count). The Labute approximate surface area is 208 Å². The highest BCUT2D eigenvalue weighted by Gasteiger charge is 2.31. The molecule has 1 saturated carbocycles. The molecule has 0 radical (unpaired) electrons. The molecule has 1 heterocycles. The number of rotatable bonds is 5. The van der Waals surface area contributed by atoms with Gasteiger partial charge in [0.15, 0.2) is 0 Å². The number of hydrogen-bond donors (Lipinski definition) is 2. The van der Waals surface area contributed by atoms with Crippen molar-refractivity contribution in [2.24, 2.45) is 11.8 Å². The smallest absolute Gasteiger partial charge is 0.317 e. The first kappa shape index (κ1) is 26.8. The van der Waals surface area contributed by atoms with E-state index in [1.165, 1.54) is 0 Å². The van der Waals surface area contributed by atoms with Gasteiger partial charge in [-0.05, 0) is 44.4 Å². The Hall–Kier alpha value is -2.81. The Bertz CT molecular complexity index is 904. The van der Waals surface area contributed by atoms with Gasteiger partial charge in [-0.1, -0.05) is 20.3 Å². The second-order valence-electron chi connectivity index (χ2n) is 9.81. The summed E-state index contributed by atoms with van der Waals surface area (Å²) in [5, 5.41) is 5.91. The van der Waals surface area contributed by atoms with E-state index in [2.05, 4.69) is 10.6 Å². The van der Waals surface area contributed by atoms with Crippen molar-refractivity contribution in [2.75, 3.05) is 45.7 Å². The summed E-state index contributed by atoms with van der Waals surface area (Å²) in [5.74, 6) is 0.227. The number of nitrogens with one attached hydrogen (secondary N) is 2. The summed E-state index contributed by atoms with van der Waals surface area (Å²) in [7, 11) is 3.35. The number of methoxy groups -OCH3 is 1. The molecule has 1 aliphatic heterocycles. The minimum absolute atomic E-state index is 0.0123. The van der Waals surface area contributed by atoms with Crippen molar-refractivity contribution >= 4 is 23.5 Å². The van der Waals surface area contributed by atoms with Crippen molar-refractivity contribution < 1.29 is 23.9 Å². The highest BCUT2D eigenvalue weighted by Crippen LogP contribution is 2.30. The molecule has 4 amide bonds. The van der Waals surface area contributed by atoms with Crippen LogP contribution in [0.4, 0.5) is 10.5 Å². The molecular weight excluding hydrogens is 448 g/mol. The van der Waals surface area contributed by atoms with E-state index in [9.17, 15) is 14.4 Å². The zero-order valence-electron chi connectivity index (χ0n) is 21.6. The average Bonchev–Trinajstić information content (AvgIpc) is 2.80. The molecule has 1 fully saturated rings. The maximum Gasteiger partial charge on any atom is 0.317 e. The summed E-state index contributed by atoms with van der Waals surface area (Å²) in [6.07, 6.45) is 3.46. The molecule has 194 valence electrons. The second kappa shape index (κ2) is 12.2. The van der Waals surface area contributed by atoms with Gasteiger partial charge in [0.25, 0.3) is 5.91 Å². The van der Waals surface area contributed by atoms with Crippen molar-refractivity contribution in [3.05, 3.63) is 23.8 Å². The lowest BCUT2D eigenvalue weighted by Gasteiger charge is -2.36. The number of nitrogens with zero attached hydrogens (tertiary/aromatic N) is 2. The number of likely N-dealkylation sites (N-methyl/N-ethyl adjacent to an activating group) is 1. The van der Waals surface area contributed by atoms with Crippen molar-refractivity contribution in [1.29, 1.82) is 0 Å². The molecule has 9 nitrogen and oxygen atoms in total. The van der Waals surface area contributed by atoms with Crippen molar-refractivity contribution in [1.82, 2.24) is 15.1 Å². The highest BCUT2D eigenvalue weighted by atomic mass is 16.5. The Morgan fingerprint density at radius 1 is 1.20 bits per heavy atom. The van der Waals surface area contributed by atoms with Gasteiger partial charge in [0.05, 0.1) is 17.7 Å². The number of fused-ring (bicyclic) bond motifs is 1. The first-order chi connectivity index (χ1) is 16.7. The lowest BCUT2D eigenvalue weighted by Crippen LogP contribution is -2.51. The predicted molar refractivity (Wildman–Crippen MR) is 135 cm³/mol. The maximum atomic E-state index is 13.4. The largest absolute Gasteiger partial charge is 0.491 e. The van der Waals surface area contributed by atoms with Crippen LogP contribution in [0.3, 0.4) is 0 Å². The molecular formula is C26H40N4O5. The molecule has 3 atom stereocenters. The fourth-order valence-electron chi connectivity index (χ4n) is 4.39. The molecule has 1 aromatic rings. The molecule has 2 N–H and O–H groups in total. The Kier molecular flexibility index (Phi) is 9.37. The third-order valence-corrected chi connectivity index (χ3v) is 6.98. The van der Waals surface area contributed by atoms with Crippen LogP contribution in [0.2, 0.25) is 0 Å². The van der Waals surface area contributed by atoms with Gasteiger partial charge >= 0.3 is 6.03 Å². The number of hydrogen-bond acceptors (Lipinski definition) is 5. The summed E-state index contributed by atoms with van der Waals surface area (Å²) < 4.78 is 11.8. The van der Waals surface area contributed by atoms with E-state index < -0.39 is 0 Å². The van der Waals surface area contributed by atoms with Gasteiger partial charge in [0.2, 0.25) is 5.91 Å². The topological polar surface area (TPSA) is 100 Å². The Morgan fingerprint density at radius 2 is 1.94 bits per heavy atom. The summed E-state index contributed by atoms with van der Waals surface area (Å²) in [4.78, 5) is 42.2. The lowest BCUT2D eigenvalue weighted by atomic mass is 9.85. The van der Waals surface area contributed by atoms with Gasteiger partial charge in [-0.25, -0.2) is 4.79 Å². The van der Waals surface area contributed by atoms with Crippen LogP contribution in [0, 0.1) is 11.8 Å². The van der Waals surface area contributed by atoms with Gasteiger partial charge in [-0.3, -0.25) is 9.59 Å². The normalized spacial score (nSPS) is 23.8. The van der Waals surface area contributed by atoms with Crippen molar-refractivity contribution in [3.63, 3.8) is 0 Å².